The highest BCUT2D eigenvalue weighted by molar-refractivity contribution is 7.71. The van der Waals surface area contributed by atoms with Crippen molar-refractivity contribution in [3.8, 4) is 0 Å². The van der Waals surface area contributed by atoms with Gasteiger partial charge in [0, 0.05) is 19.0 Å². The highest BCUT2D eigenvalue weighted by Gasteiger charge is 2.08. The molecule has 1 unspecified atom stereocenters. The standard InChI is InChI=1S/C24H29N3O2S/c1-18(15-16-19-10-4-2-5-11-19)25-22(28)14-6-3-9-17-27-23(29)20-12-7-8-13-21(20)26-24(27)30/h2,4-5,7-8,10-13,18H,3,6,9,14-17H2,1H3,(H,25,28)(H,26,30). The molecule has 0 aliphatic carbocycles. The lowest BCUT2D eigenvalue weighted by Crippen LogP contribution is -2.32. The first-order valence-corrected chi connectivity index (χ1v) is 11.0. The Morgan fingerprint density at radius 2 is 1.80 bits per heavy atom. The number of aromatic amines is 1. The summed E-state index contributed by atoms with van der Waals surface area (Å²) in [7, 11) is 0. The van der Waals surface area contributed by atoms with Gasteiger partial charge < -0.3 is 10.3 Å². The van der Waals surface area contributed by atoms with E-state index >= 15 is 0 Å². The molecule has 0 aliphatic rings. The van der Waals surface area contributed by atoms with Crippen LogP contribution >= 0.6 is 12.2 Å². The highest BCUT2D eigenvalue weighted by atomic mass is 32.1. The minimum Gasteiger partial charge on any atom is -0.354 e. The van der Waals surface area contributed by atoms with Gasteiger partial charge >= 0.3 is 0 Å². The van der Waals surface area contributed by atoms with Gasteiger partial charge in [-0.3, -0.25) is 14.2 Å². The van der Waals surface area contributed by atoms with Gasteiger partial charge in [-0.15, -0.1) is 0 Å². The summed E-state index contributed by atoms with van der Waals surface area (Å²) in [6, 6.07) is 17.9. The second-order valence-corrected chi connectivity index (χ2v) is 8.12. The molecule has 158 valence electrons. The van der Waals surface area contributed by atoms with Crippen LogP contribution in [-0.2, 0) is 17.8 Å². The van der Waals surface area contributed by atoms with Gasteiger partial charge in [-0.25, -0.2) is 0 Å². The molecule has 2 N–H and O–H groups in total. The molecule has 2 aromatic carbocycles. The third kappa shape index (κ3) is 6.13. The smallest absolute Gasteiger partial charge is 0.262 e. The van der Waals surface area contributed by atoms with Gasteiger partial charge in [0.15, 0.2) is 4.77 Å². The van der Waals surface area contributed by atoms with Gasteiger partial charge in [-0.05, 0) is 62.5 Å². The maximum Gasteiger partial charge on any atom is 0.262 e. The zero-order valence-electron chi connectivity index (χ0n) is 17.4. The van der Waals surface area contributed by atoms with Crippen LogP contribution in [0.3, 0.4) is 0 Å². The van der Waals surface area contributed by atoms with E-state index in [0.29, 0.717) is 23.1 Å². The molecule has 1 amide bonds. The molecule has 0 saturated carbocycles. The van der Waals surface area contributed by atoms with E-state index in [2.05, 4.69) is 29.4 Å². The van der Waals surface area contributed by atoms with Crippen molar-refractivity contribution in [2.75, 3.05) is 0 Å². The molecule has 0 fully saturated rings. The van der Waals surface area contributed by atoms with Crippen molar-refractivity contribution < 1.29 is 4.79 Å². The molecule has 3 rings (SSSR count). The van der Waals surface area contributed by atoms with E-state index in [-0.39, 0.29) is 17.5 Å². The van der Waals surface area contributed by atoms with Gasteiger partial charge in [-0.2, -0.15) is 0 Å². The molecule has 5 nitrogen and oxygen atoms in total. The summed E-state index contributed by atoms with van der Waals surface area (Å²) in [6.07, 6.45) is 4.89. The van der Waals surface area contributed by atoms with Crippen molar-refractivity contribution >= 4 is 29.0 Å². The monoisotopic (exact) mass is 423 g/mol. The number of carbonyl (C=O) groups excluding carboxylic acids is 1. The maximum absolute atomic E-state index is 12.6. The summed E-state index contributed by atoms with van der Waals surface area (Å²) in [5.74, 6) is 0.0933. The lowest BCUT2D eigenvalue weighted by molar-refractivity contribution is -0.121. The number of nitrogens with zero attached hydrogens (tertiary/aromatic N) is 1. The molecule has 0 saturated heterocycles. The van der Waals surface area contributed by atoms with E-state index in [1.165, 1.54) is 5.56 Å². The number of unbranched alkanes of at least 4 members (excludes halogenated alkanes) is 2. The number of hydrogen-bond acceptors (Lipinski definition) is 3. The Bertz CT molecular complexity index is 1090. The number of rotatable bonds is 10. The Balaban J connectivity index is 1.38. The molecule has 1 atom stereocenters. The quantitative estimate of drug-likeness (QED) is 0.365. The van der Waals surface area contributed by atoms with Crippen LogP contribution < -0.4 is 10.9 Å². The van der Waals surface area contributed by atoms with E-state index in [1.54, 1.807) is 4.57 Å². The predicted molar refractivity (Wildman–Crippen MR) is 124 cm³/mol. The van der Waals surface area contributed by atoms with Crippen LogP contribution in [0.2, 0.25) is 0 Å². The fraction of sp³-hybridized carbons (Fsp3) is 0.375. The Hall–Kier alpha value is -2.73. The number of nitrogens with one attached hydrogen (secondary N) is 2. The van der Waals surface area contributed by atoms with Crippen molar-refractivity contribution in [1.82, 2.24) is 14.9 Å². The predicted octanol–water partition coefficient (Wildman–Crippen LogP) is 4.76. The van der Waals surface area contributed by atoms with Crippen LogP contribution in [0, 0.1) is 4.77 Å². The summed E-state index contributed by atoms with van der Waals surface area (Å²) in [5, 5.41) is 3.73. The van der Waals surface area contributed by atoms with Gasteiger partial charge in [0.25, 0.3) is 5.56 Å². The number of para-hydroxylation sites is 1. The van der Waals surface area contributed by atoms with Gasteiger partial charge in [0.05, 0.1) is 10.9 Å². The average Bonchev–Trinajstić information content (AvgIpc) is 2.75. The largest absolute Gasteiger partial charge is 0.354 e. The Labute approximate surface area is 182 Å². The van der Waals surface area contributed by atoms with Crippen molar-refractivity contribution in [3.63, 3.8) is 0 Å². The van der Waals surface area contributed by atoms with E-state index in [1.807, 2.05) is 42.5 Å². The van der Waals surface area contributed by atoms with Crippen LogP contribution in [0.4, 0.5) is 0 Å². The minimum atomic E-state index is -0.0562. The molecule has 0 aliphatic heterocycles. The molecule has 3 aromatic rings. The number of aromatic nitrogens is 2. The lowest BCUT2D eigenvalue weighted by Gasteiger charge is -2.14. The number of benzene rings is 2. The first kappa shape index (κ1) is 22.0. The van der Waals surface area contributed by atoms with Crippen molar-refractivity contribution in [1.29, 1.82) is 0 Å². The molecular weight excluding hydrogens is 394 g/mol. The third-order valence-corrected chi connectivity index (χ3v) is 5.61. The van der Waals surface area contributed by atoms with Gasteiger partial charge in [0.2, 0.25) is 5.91 Å². The zero-order chi connectivity index (χ0) is 21.3. The maximum atomic E-state index is 12.6. The minimum absolute atomic E-state index is 0.0562. The number of hydrogen-bond donors (Lipinski definition) is 2. The van der Waals surface area contributed by atoms with Crippen molar-refractivity contribution in [2.24, 2.45) is 0 Å². The van der Waals surface area contributed by atoms with E-state index < -0.39 is 0 Å². The normalized spacial score (nSPS) is 12.0. The van der Waals surface area contributed by atoms with Gasteiger partial charge in [0.1, 0.15) is 0 Å². The van der Waals surface area contributed by atoms with E-state index in [9.17, 15) is 9.59 Å². The molecule has 0 spiro atoms. The second-order valence-electron chi connectivity index (χ2n) is 7.74. The van der Waals surface area contributed by atoms with E-state index in [4.69, 9.17) is 12.2 Å². The first-order chi connectivity index (χ1) is 14.5. The molecule has 0 bridgehead atoms. The third-order valence-electron chi connectivity index (χ3n) is 5.29. The van der Waals surface area contributed by atoms with Crippen molar-refractivity contribution in [2.45, 2.75) is 58.0 Å². The summed E-state index contributed by atoms with van der Waals surface area (Å²) >= 11 is 5.34. The number of amides is 1. The highest BCUT2D eigenvalue weighted by Crippen LogP contribution is 2.08. The van der Waals surface area contributed by atoms with E-state index in [0.717, 1.165) is 37.6 Å². The number of carbonyl (C=O) groups is 1. The second kappa shape index (κ2) is 10.9. The molecule has 30 heavy (non-hydrogen) atoms. The SMILES string of the molecule is CC(CCc1ccccc1)NC(=O)CCCCCn1c(=S)[nH]c2ccccc2c1=O. The Morgan fingerprint density at radius 3 is 2.60 bits per heavy atom. The molecule has 0 radical (unpaired) electrons. The topological polar surface area (TPSA) is 66.9 Å². The van der Waals surface area contributed by atoms with Crippen LogP contribution in [0.5, 0.6) is 0 Å². The number of fused-ring (bicyclic) bond motifs is 1. The van der Waals surface area contributed by atoms with Crippen molar-refractivity contribution in [3.05, 3.63) is 75.3 Å². The zero-order valence-corrected chi connectivity index (χ0v) is 18.2. The molecular formula is C24H29N3O2S. The molecule has 1 heterocycles. The van der Waals surface area contributed by atoms with Crippen LogP contribution in [0.25, 0.3) is 10.9 Å². The fourth-order valence-corrected chi connectivity index (χ4v) is 3.87. The van der Waals surface area contributed by atoms with Gasteiger partial charge in [-0.1, -0.05) is 48.9 Å². The summed E-state index contributed by atoms with van der Waals surface area (Å²) < 4.78 is 2.06. The lowest BCUT2D eigenvalue weighted by atomic mass is 10.1. The summed E-state index contributed by atoms with van der Waals surface area (Å²) in [6.45, 7) is 2.61. The summed E-state index contributed by atoms with van der Waals surface area (Å²) in [5.41, 5.74) is 2.00. The molecule has 6 heteroatoms. The first-order valence-electron chi connectivity index (χ1n) is 10.6. The summed E-state index contributed by atoms with van der Waals surface area (Å²) in [4.78, 5) is 27.9. The average molecular weight is 424 g/mol. The number of H-pyrrole nitrogens is 1. The number of aryl methyl sites for hydroxylation is 1. The fourth-order valence-electron chi connectivity index (χ4n) is 3.58. The van der Waals surface area contributed by atoms with Crippen LogP contribution in [-0.4, -0.2) is 21.5 Å². The Morgan fingerprint density at radius 1 is 1.07 bits per heavy atom. The van der Waals surface area contributed by atoms with Crippen LogP contribution in [0.1, 0.15) is 44.6 Å². The molecule has 1 aromatic heterocycles. The van der Waals surface area contributed by atoms with Crippen LogP contribution in [0.15, 0.2) is 59.4 Å². The Kier molecular flexibility index (Phi) is 7.97.